The molecule has 1 aromatic carbocycles. The fourth-order valence-corrected chi connectivity index (χ4v) is 4.23. The second-order valence-electron chi connectivity index (χ2n) is 5.28. The highest BCUT2D eigenvalue weighted by Gasteiger charge is 2.30. The van der Waals surface area contributed by atoms with Crippen LogP contribution in [0, 0.1) is 0 Å². The van der Waals surface area contributed by atoms with Gasteiger partial charge in [-0.3, -0.25) is 0 Å². The summed E-state index contributed by atoms with van der Waals surface area (Å²) in [5.74, 6) is 0. The van der Waals surface area contributed by atoms with Crippen LogP contribution in [0.3, 0.4) is 0 Å². The van der Waals surface area contributed by atoms with Crippen molar-refractivity contribution in [2.24, 2.45) is 0 Å². The van der Waals surface area contributed by atoms with Gasteiger partial charge in [0, 0.05) is 17.3 Å². The summed E-state index contributed by atoms with van der Waals surface area (Å²) in [6, 6.07) is 4.83. The molecule has 7 heteroatoms. The van der Waals surface area contributed by atoms with Gasteiger partial charge in [0.15, 0.2) is 0 Å². The van der Waals surface area contributed by atoms with Gasteiger partial charge in [0.05, 0.1) is 10.4 Å². The van der Waals surface area contributed by atoms with Crippen molar-refractivity contribution in [1.29, 1.82) is 0 Å². The summed E-state index contributed by atoms with van der Waals surface area (Å²) in [6.45, 7) is 5.55. The average molecular weight is 325 g/mol. The number of thiazole rings is 1. The molecule has 0 saturated heterocycles. The van der Waals surface area contributed by atoms with Crippen LogP contribution in [-0.4, -0.2) is 13.4 Å². The van der Waals surface area contributed by atoms with Crippen LogP contribution in [0.2, 0.25) is 0 Å². The zero-order valence-corrected chi connectivity index (χ0v) is 13.9. The number of nitrogen functional groups attached to an aromatic ring is 1. The van der Waals surface area contributed by atoms with Gasteiger partial charge in [-0.1, -0.05) is 13.0 Å². The van der Waals surface area contributed by atoms with E-state index < -0.39 is 15.6 Å². The molecule has 0 saturated carbocycles. The number of aryl methyl sites for hydroxylation is 1. The largest absolute Gasteiger partial charge is 0.398 e. The summed E-state index contributed by atoms with van der Waals surface area (Å²) in [4.78, 5) is 4.35. The van der Waals surface area contributed by atoms with Crippen molar-refractivity contribution in [3.8, 4) is 0 Å². The molecule has 0 fully saturated rings. The minimum atomic E-state index is -3.65. The van der Waals surface area contributed by atoms with Crippen molar-refractivity contribution >= 4 is 27.0 Å². The molecule has 5 nitrogen and oxygen atoms in total. The van der Waals surface area contributed by atoms with Crippen LogP contribution in [-0.2, 0) is 22.0 Å². The molecule has 0 bridgehead atoms. The molecular weight excluding hydrogens is 306 g/mol. The van der Waals surface area contributed by atoms with Crippen LogP contribution in [0.25, 0.3) is 0 Å². The lowest BCUT2D eigenvalue weighted by Gasteiger charge is -2.23. The lowest BCUT2D eigenvalue weighted by molar-refractivity contribution is 0.470. The molecule has 0 spiro atoms. The number of nitrogens with one attached hydrogen (secondary N) is 1. The first kappa shape index (κ1) is 15.9. The van der Waals surface area contributed by atoms with Gasteiger partial charge < -0.3 is 5.73 Å². The van der Waals surface area contributed by atoms with Crippen LogP contribution in [0.1, 0.15) is 31.3 Å². The molecule has 0 radical (unpaired) electrons. The second kappa shape index (κ2) is 5.75. The highest BCUT2D eigenvalue weighted by molar-refractivity contribution is 7.89. The number of hydrogen-bond acceptors (Lipinski definition) is 5. The van der Waals surface area contributed by atoms with Gasteiger partial charge in [0.25, 0.3) is 0 Å². The predicted molar refractivity (Wildman–Crippen MR) is 85.7 cm³/mol. The van der Waals surface area contributed by atoms with E-state index in [1.165, 1.54) is 17.4 Å². The number of nitrogens with two attached hydrogens (primary N) is 1. The molecule has 0 aliphatic rings. The summed E-state index contributed by atoms with van der Waals surface area (Å²) < 4.78 is 27.7. The molecule has 1 heterocycles. The van der Waals surface area contributed by atoms with E-state index in [1.54, 1.807) is 32.2 Å². The SMILES string of the molecule is CCc1ccc(S(=O)(=O)NC(C)(C)c2nccs2)cc1N. The van der Waals surface area contributed by atoms with Gasteiger partial charge in [-0.2, -0.15) is 4.72 Å². The quantitative estimate of drug-likeness (QED) is 0.827. The maximum atomic E-state index is 12.5. The maximum absolute atomic E-state index is 12.5. The molecule has 0 atom stereocenters. The normalized spacial score (nSPS) is 12.5. The van der Waals surface area contributed by atoms with E-state index >= 15 is 0 Å². The van der Waals surface area contributed by atoms with E-state index in [-0.39, 0.29) is 4.90 Å². The van der Waals surface area contributed by atoms with Crippen molar-refractivity contribution in [2.45, 2.75) is 37.6 Å². The molecule has 2 aromatic rings. The molecule has 2 rings (SSSR count). The molecule has 0 amide bonds. The third-order valence-corrected chi connectivity index (χ3v) is 5.92. The number of nitrogens with zero attached hydrogens (tertiary/aromatic N) is 1. The lowest BCUT2D eigenvalue weighted by atomic mass is 10.1. The Morgan fingerprint density at radius 1 is 1.38 bits per heavy atom. The van der Waals surface area contributed by atoms with Crippen molar-refractivity contribution in [2.75, 3.05) is 5.73 Å². The Morgan fingerprint density at radius 2 is 2.10 bits per heavy atom. The van der Waals surface area contributed by atoms with Crippen molar-refractivity contribution in [3.63, 3.8) is 0 Å². The summed E-state index contributed by atoms with van der Waals surface area (Å²) in [7, 11) is -3.65. The molecular formula is C14H19N3O2S2. The van der Waals surface area contributed by atoms with E-state index in [0.717, 1.165) is 12.0 Å². The molecule has 1 aromatic heterocycles. The average Bonchev–Trinajstić information content (AvgIpc) is 2.92. The highest BCUT2D eigenvalue weighted by atomic mass is 32.2. The topological polar surface area (TPSA) is 85.1 Å². The van der Waals surface area contributed by atoms with Gasteiger partial charge in [0.2, 0.25) is 10.0 Å². The number of hydrogen-bond donors (Lipinski definition) is 2. The first-order valence-corrected chi connectivity index (χ1v) is 8.95. The predicted octanol–water partition coefficient (Wildman–Crippen LogP) is 2.50. The number of sulfonamides is 1. The van der Waals surface area contributed by atoms with Gasteiger partial charge >= 0.3 is 0 Å². The fourth-order valence-electron chi connectivity index (χ4n) is 2.03. The third kappa shape index (κ3) is 3.42. The van der Waals surface area contributed by atoms with Gasteiger partial charge in [-0.05, 0) is 38.0 Å². The standard InChI is InChI=1S/C14H19N3O2S2/c1-4-10-5-6-11(9-12(10)15)21(18,19)17-14(2,3)13-16-7-8-20-13/h5-9,17H,4,15H2,1-3H3. The Labute approximate surface area is 129 Å². The minimum absolute atomic E-state index is 0.168. The molecule has 3 N–H and O–H groups in total. The third-order valence-electron chi connectivity index (χ3n) is 3.17. The highest BCUT2D eigenvalue weighted by Crippen LogP contribution is 2.26. The van der Waals surface area contributed by atoms with Crippen LogP contribution < -0.4 is 10.5 Å². The molecule has 114 valence electrons. The minimum Gasteiger partial charge on any atom is -0.398 e. The maximum Gasteiger partial charge on any atom is 0.241 e. The van der Waals surface area contributed by atoms with Gasteiger partial charge in [-0.15, -0.1) is 11.3 Å². The van der Waals surface area contributed by atoms with Crippen molar-refractivity contribution in [1.82, 2.24) is 9.71 Å². The Balaban J connectivity index is 2.32. The smallest absolute Gasteiger partial charge is 0.241 e. The van der Waals surface area contributed by atoms with Gasteiger partial charge in [-0.25, -0.2) is 13.4 Å². The molecule has 0 aliphatic heterocycles. The van der Waals surface area contributed by atoms with E-state index in [0.29, 0.717) is 10.7 Å². The summed E-state index contributed by atoms with van der Waals surface area (Å²) in [5, 5.41) is 2.53. The zero-order valence-electron chi connectivity index (χ0n) is 12.3. The summed E-state index contributed by atoms with van der Waals surface area (Å²) in [6.07, 6.45) is 2.42. The van der Waals surface area contributed by atoms with Crippen molar-refractivity contribution in [3.05, 3.63) is 40.3 Å². The Kier molecular flexibility index (Phi) is 4.36. The lowest BCUT2D eigenvalue weighted by Crippen LogP contribution is -2.40. The fraction of sp³-hybridized carbons (Fsp3) is 0.357. The van der Waals surface area contributed by atoms with E-state index in [4.69, 9.17) is 5.73 Å². The van der Waals surface area contributed by atoms with Crippen LogP contribution in [0.5, 0.6) is 0 Å². The van der Waals surface area contributed by atoms with E-state index in [9.17, 15) is 8.42 Å². The monoisotopic (exact) mass is 325 g/mol. The van der Waals surface area contributed by atoms with Crippen LogP contribution in [0.15, 0.2) is 34.7 Å². The first-order valence-electron chi connectivity index (χ1n) is 6.58. The van der Waals surface area contributed by atoms with E-state index in [1.807, 2.05) is 12.3 Å². The zero-order chi connectivity index (χ0) is 15.7. The Morgan fingerprint density at radius 3 is 2.62 bits per heavy atom. The number of anilines is 1. The Hall–Kier alpha value is -1.44. The number of benzene rings is 1. The summed E-state index contributed by atoms with van der Waals surface area (Å²) in [5.41, 5.74) is 6.54. The first-order chi connectivity index (χ1) is 9.76. The van der Waals surface area contributed by atoms with Crippen molar-refractivity contribution < 1.29 is 8.42 Å². The molecule has 0 aliphatic carbocycles. The summed E-state index contributed by atoms with van der Waals surface area (Å²) >= 11 is 1.41. The number of rotatable bonds is 5. The van der Waals surface area contributed by atoms with Crippen LogP contribution >= 0.6 is 11.3 Å². The number of aromatic nitrogens is 1. The molecule has 21 heavy (non-hydrogen) atoms. The van der Waals surface area contributed by atoms with E-state index in [2.05, 4.69) is 9.71 Å². The Bertz CT molecular complexity index is 723. The second-order valence-corrected chi connectivity index (χ2v) is 7.86. The van der Waals surface area contributed by atoms with Crippen LogP contribution in [0.4, 0.5) is 5.69 Å². The van der Waals surface area contributed by atoms with Gasteiger partial charge in [0.1, 0.15) is 5.01 Å². The molecule has 0 unspecified atom stereocenters.